The number of nitro groups is 1. The van der Waals surface area contributed by atoms with Gasteiger partial charge in [0.1, 0.15) is 5.60 Å². The Hall–Kier alpha value is -5.10. The van der Waals surface area contributed by atoms with Crippen LogP contribution in [0, 0.1) is 16.0 Å². The van der Waals surface area contributed by atoms with Gasteiger partial charge in [-0.3, -0.25) is 15.1 Å². The van der Waals surface area contributed by atoms with E-state index in [2.05, 4.69) is 61.2 Å². The number of unbranched alkanes of at least 4 members (excludes halogenated alkanes) is 2. The van der Waals surface area contributed by atoms with E-state index in [9.17, 15) is 18.5 Å². The van der Waals surface area contributed by atoms with E-state index < -0.39 is 20.4 Å². The van der Waals surface area contributed by atoms with Crippen molar-refractivity contribution in [3.05, 3.63) is 141 Å². The molecule has 0 saturated heterocycles. The Labute approximate surface area is 348 Å². The molecule has 0 radical (unpaired) electrons. The fourth-order valence-electron chi connectivity index (χ4n) is 6.19. The van der Waals surface area contributed by atoms with Crippen molar-refractivity contribution in [1.82, 2.24) is 21.0 Å². The highest BCUT2D eigenvalue weighted by atomic mass is 32.2. The Morgan fingerprint density at radius 1 is 1.09 bits per heavy atom. The number of nitro benzene ring substituents is 1. The van der Waals surface area contributed by atoms with Gasteiger partial charge in [0.05, 0.1) is 20.4 Å². The molecule has 12 heteroatoms. The molecule has 58 heavy (non-hydrogen) atoms. The number of rotatable bonds is 25. The fraction of sp³-hybridized carbons (Fsp3) is 0.457. The highest BCUT2D eigenvalue weighted by Gasteiger charge is 2.35. The van der Waals surface area contributed by atoms with Crippen molar-refractivity contribution in [2.24, 2.45) is 11.0 Å². The minimum atomic E-state index is -4.23. The molecular formula is C46H68N6O5S. The summed E-state index contributed by atoms with van der Waals surface area (Å²) in [5, 5.41) is 28.3. The van der Waals surface area contributed by atoms with Gasteiger partial charge in [-0.25, -0.2) is 8.42 Å². The van der Waals surface area contributed by atoms with E-state index in [0.29, 0.717) is 35.2 Å². The Morgan fingerprint density at radius 3 is 2.24 bits per heavy atom. The van der Waals surface area contributed by atoms with Gasteiger partial charge in [-0.05, 0) is 135 Å². The second kappa shape index (κ2) is 22.7. The fourth-order valence-corrected chi connectivity index (χ4v) is 7.43. The first-order valence-corrected chi connectivity index (χ1v) is 21.6. The first-order chi connectivity index (χ1) is 27.2. The van der Waals surface area contributed by atoms with Gasteiger partial charge in [0.2, 0.25) is 9.84 Å². The lowest BCUT2D eigenvalue weighted by Crippen LogP contribution is -2.47. The predicted octanol–water partition coefficient (Wildman–Crippen LogP) is 10.6. The first-order valence-electron chi connectivity index (χ1n) is 20.1. The largest absolute Gasteiger partial charge is 0.474 e. The number of benzene rings is 1. The maximum Gasteiger partial charge on any atom is 0.269 e. The van der Waals surface area contributed by atoms with Crippen molar-refractivity contribution in [2.45, 2.75) is 130 Å². The average Bonchev–Trinajstić information content (AvgIpc) is 4.00. The summed E-state index contributed by atoms with van der Waals surface area (Å²) >= 11 is 0. The molecule has 0 spiro atoms. The SMILES string of the molecule is C=C/C=N\N(C)/C(=C/C(=C\CC)NC(=C\C)/C(=C\C(C)=C(/C)NC(C1CC1)C(C)NC(=C)OC(C)(C)C)C(=C)S(=O)(=O)c1ccc([N+](=O)[O-])cc1)C(=C)CCCCC. The van der Waals surface area contributed by atoms with E-state index in [1.807, 2.05) is 79.8 Å². The van der Waals surface area contributed by atoms with Gasteiger partial charge in [0.25, 0.3) is 5.69 Å². The third-order valence-electron chi connectivity index (χ3n) is 9.52. The number of non-ortho nitro benzene ring substituents is 1. The van der Waals surface area contributed by atoms with Gasteiger partial charge in [0, 0.05) is 60.1 Å². The van der Waals surface area contributed by atoms with Crippen LogP contribution in [0.4, 0.5) is 5.69 Å². The number of nitrogens with zero attached hydrogens (tertiary/aromatic N) is 3. The number of allylic oxidation sites excluding steroid dienone is 9. The zero-order chi connectivity index (χ0) is 43.8. The van der Waals surface area contributed by atoms with Gasteiger partial charge in [0.15, 0.2) is 5.88 Å². The van der Waals surface area contributed by atoms with Crippen LogP contribution >= 0.6 is 0 Å². The van der Waals surface area contributed by atoms with E-state index in [-0.39, 0.29) is 27.6 Å². The lowest BCUT2D eigenvalue weighted by atomic mass is 10.0. The van der Waals surface area contributed by atoms with Crippen molar-refractivity contribution in [2.75, 3.05) is 7.05 Å². The number of nitrogens with one attached hydrogen (secondary N) is 3. The summed E-state index contributed by atoms with van der Waals surface area (Å²) in [7, 11) is -2.37. The van der Waals surface area contributed by atoms with E-state index in [1.54, 1.807) is 17.3 Å². The van der Waals surface area contributed by atoms with Crippen LogP contribution in [0.3, 0.4) is 0 Å². The zero-order valence-electron chi connectivity index (χ0n) is 36.6. The lowest BCUT2D eigenvalue weighted by molar-refractivity contribution is -0.384. The smallest absolute Gasteiger partial charge is 0.269 e. The number of ether oxygens (including phenoxy) is 1. The minimum absolute atomic E-state index is 0.0211. The van der Waals surface area contributed by atoms with Gasteiger partial charge < -0.3 is 20.7 Å². The zero-order valence-corrected chi connectivity index (χ0v) is 37.4. The van der Waals surface area contributed by atoms with Crippen molar-refractivity contribution in [3.8, 4) is 0 Å². The van der Waals surface area contributed by atoms with Crippen LogP contribution < -0.4 is 16.0 Å². The van der Waals surface area contributed by atoms with Crippen molar-refractivity contribution in [3.63, 3.8) is 0 Å². The molecular weight excluding hydrogens is 749 g/mol. The molecule has 11 nitrogen and oxygen atoms in total. The number of hydrogen-bond donors (Lipinski definition) is 3. The van der Waals surface area contributed by atoms with E-state index >= 15 is 0 Å². The Kier molecular flexibility index (Phi) is 19.2. The van der Waals surface area contributed by atoms with Crippen LogP contribution in [0.5, 0.6) is 0 Å². The topological polar surface area (TPSA) is 138 Å². The third-order valence-corrected chi connectivity index (χ3v) is 11.3. The molecule has 0 aromatic heterocycles. The predicted molar refractivity (Wildman–Crippen MR) is 241 cm³/mol. The summed E-state index contributed by atoms with van der Waals surface area (Å²) in [6.07, 6.45) is 17.6. The molecule has 2 atom stereocenters. The Bertz CT molecular complexity index is 1940. The van der Waals surface area contributed by atoms with Gasteiger partial charge in [-0.1, -0.05) is 58.6 Å². The Morgan fingerprint density at radius 2 is 1.72 bits per heavy atom. The third kappa shape index (κ3) is 15.3. The van der Waals surface area contributed by atoms with Crippen LogP contribution in [0.2, 0.25) is 0 Å². The van der Waals surface area contributed by atoms with Gasteiger partial charge in [-0.15, -0.1) is 0 Å². The molecule has 2 rings (SSSR count). The molecule has 0 amide bonds. The number of hydrogen-bond acceptors (Lipinski definition) is 10. The van der Waals surface area contributed by atoms with Crippen LogP contribution in [-0.2, 0) is 14.6 Å². The first kappa shape index (κ1) is 49.0. The minimum Gasteiger partial charge on any atom is -0.474 e. The lowest BCUT2D eigenvalue weighted by Gasteiger charge is -2.31. The second-order valence-corrected chi connectivity index (χ2v) is 17.6. The summed E-state index contributed by atoms with van der Waals surface area (Å²) < 4.78 is 34.5. The highest BCUT2D eigenvalue weighted by Crippen LogP contribution is 2.36. The molecule has 1 fully saturated rings. The molecule has 318 valence electrons. The van der Waals surface area contributed by atoms with Crippen LogP contribution in [0.25, 0.3) is 0 Å². The van der Waals surface area contributed by atoms with E-state index in [1.165, 1.54) is 24.3 Å². The molecule has 1 saturated carbocycles. The summed E-state index contributed by atoms with van der Waals surface area (Å²) in [4.78, 5) is 10.5. The number of sulfone groups is 1. The van der Waals surface area contributed by atoms with Gasteiger partial charge in [-0.2, -0.15) is 5.10 Å². The van der Waals surface area contributed by atoms with Crippen molar-refractivity contribution < 1.29 is 18.1 Å². The summed E-state index contributed by atoms with van der Waals surface area (Å²) in [5.74, 6) is 0.940. The van der Waals surface area contributed by atoms with E-state index in [0.717, 1.165) is 61.1 Å². The van der Waals surface area contributed by atoms with E-state index in [4.69, 9.17) is 4.74 Å². The Balaban J connectivity index is 2.74. The highest BCUT2D eigenvalue weighted by molar-refractivity contribution is 7.95. The van der Waals surface area contributed by atoms with Crippen molar-refractivity contribution >= 4 is 21.7 Å². The normalized spacial score (nSPS) is 15.9. The maximum absolute atomic E-state index is 14.3. The summed E-state index contributed by atoms with van der Waals surface area (Å²) in [5.41, 5.74) is 4.28. The number of likely N-dealkylation sites (N-methyl/N-ethyl adjacent to an activating group) is 1. The molecule has 1 aliphatic rings. The molecule has 1 aromatic rings. The van der Waals surface area contributed by atoms with Crippen LogP contribution in [0.15, 0.2) is 141 Å². The molecule has 0 aliphatic heterocycles. The summed E-state index contributed by atoms with van der Waals surface area (Å²) in [6, 6.07) is 4.86. The average molecular weight is 817 g/mol. The van der Waals surface area contributed by atoms with Crippen LogP contribution in [0.1, 0.15) is 107 Å². The number of hydrazone groups is 1. The molecule has 1 aromatic carbocycles. The maximum atomic E-state index is 14.3. The molecule has 1 aliphatic carbocycles. The van der Waals surface area contributed by atoms with Crippen molar-refractivity contribution in [1.29, 1.82) is 0 Å². The van der Waals surface area contributed by atoms with Gasteiger partial charge >= 0.3 is 0 Å². The monoisotopic (exact) mass is 816 g/mol. The standard InChI is InChI=1S/C46H68N6O5S/c1-15-19-20-22-32(5)44(51(14)47-29-17-3)31-39(21-16-2)50-43(18-4)42(36(9)58(55,56)41-27-25-40(26-28-41)52(53)54)30-33(6)34(7)49-45(38-23-24-38)35(8)48-37(10)57-46(11,12)13/h17-18,21,25-31,35,38,45,48-50H,3,5,9-10,15-16,19-20,22-24H2,1-2,4,6-8,11-14H3/b34-33+,39-21+,42-30-,43-18-,44-31+,47-29-. The molecule has 3 N–H and O–H groups in total. The molecule has 2 unspecified atom stereocenters. The quantitative estimate of drug-likeness (QED) is 0.0220. The second-order valence-electron chi connectivity index (χ2n) is 15.6. The molecule has 0 bridgehead atoms. The van der Waals surface area contributed by atoms with Crippen LogP contribution in [-0.4, -0.2) is 49.3 Å². The molecule has 0 heterocycles. The summed E-state index contributed by atoms with van der Waals surface area (Å²) in [6.45, 7) is 34.3.